The Bertz CT molecular complexity index is 1270. The van der Waals surface area contributed by atoms with Gasteiger partial charge in [0.15, 0.2) is 0 Å². The number of hydrogen-bond donors (Lipinski definition) is 1. The first-order valence-corrected chi connectivity index (χ1v) is 9.57. The third kappa shape index (κ3) is 4.16. The molecule has 5 nitrogen and oxygen atoms in total. The van der Waals surface area contributed by atoms with E-state index in [1.165, 1.54) is 4.57 Å². The van der Waals surface area contributed by atoms with Gasteiger partial charge in [0, 0.05) is 27.3 Å². The summed E-state index contributed by atoms with van der Waals surface area (Å²) >= 11 is 11.9. The largest absolute Gasteiger partial charge is 0.322 e. The third-order valence-electron chi connectivity index (χ3n) is 4.43. The van der Waals surface area contributed by atoms with Crippen LogP contribution in [0.5, 0.6) is 0 Å². The van der Waals surface area contributed by atoms with Crippen molar-refractivity contribution in [2.24, 2.45) is 0 Å². The van der Waals surface area contributed by atoms with Crippen LogP contribution < -0.4 is 10.9 Å². The van der Waals surface area contributed by atoms with E-state index < -0.39 is 11.5 Å². The second-order valence-corrected chi connectivity index (χ2v) is 7.33. The molecule has 4 rings (SSSR count). The quantitative estimate of drug-likeness (QED) is 0.501. The first-order valence-electron chi connectivity index (χ1n) is 8.81. The van der Waals surface area contributed by atoms with Crippen molar-refractivity contribution in [3.05, 3.63) is 104 Å². The number of pyridine rings is 2. The Morgan fingerprint density at radius 1 is 0.966 bits per heavy atom. The Kier molecular flexibility index (Phi) is 5.34. The average Bonchev–Trinajstić information content (AvgIpc) is 2.71. The highest BCUT2D eigenvalue weighted by Crippen LogP contribution is 2.18. The topological polar surface area (TPSA) is 64.0 Å². The molecular formula is C22H15Cl2N3O2. The highest BCUT2D eigenvalue weighted by molar-refractivity contribution is 6.31. The van der Waals surface area contributed by atoms with Crippen LogP contribution in [0.3, 0.4) is 0 Å². The zero-order valence-electron chi connectivity index (χ0n) is 15.1. The highest BCUT2D eigenvalue weighted by atomic mass is 35.5. The minimum absolute atomic E-state index is 0.0273. The molecule has 0 fully saturated rings. The molecule has 4 aromatic rings. The van der Waals surface area contributed by atoms with Gasteiger partial charge in [0.25, 0.3) is 11.5 Å². The molecule has 2 heterocycles. The number of nitrogens with zero attached hydrogens (tertiary/aromatic N) is 2. The molecule has 1 N–H and O–H groups in total. The lowest BCUT2D eigenvalue weighted by Gasteiger charge is -2.13. The minimum atomic E-state index is -0.507. The summed E-state index contributed by atoms with van der Waals surface area (Å²) in [7, 11) is 0. The lowest BCUT2D eigenvalue weighted by Crippen LogP contribution is -2.30. The Hall–Kier alpha value is -3.15. The lowest BCUT2D eigenvalue weighted by molar-refractivity contribution is 0.102. The van der Waals surface area contributed by atoms with E-state index in [9.17, 15) is 9.59 Å². The lowest BCUT2D eigenvalue weighted by atomic mass is 10.1. The summed E-state index contributed by atoms with van der Waals surface area (Å²) < 4.78 is 1.49. The molecule has 0 aliphatic carbocycles. The highest BCUT2D eigenvalue weighted by Gasteiger charge is 2.17. The van der Waals surface area contributed by atoms with E-state index in [-0.39, 0.29) is 12.1 Å². The molecule has 0 aliphatic heterocycles. The number of rotatable bonds is 4. The number of halogens is 2. The number of carbonyl (C=O) groups excluding carboxylic acids is 1. The maximum absolute atomic E-state index is 13.2. The van der Waals surface area contributed by atoms with Crippen LogP contribution in [-0.2, 0) is 6.54 Å². The van der Waals surface area contributed by atoms with Gasteiger partial charge >= 0.3 is 0 Å². The number of fused-ring (bicyclic) bond motifs is 1. The van der Waals surface area contributed by atoms with Crippen LogP contribution in [0.4, 0.5) is 5.69 Å². The van der Waals surface area contributed by atoms with Crippen LogP contribution in [0.2, 0.25) is 10.0 Å². The molecule has 0 aliphatic rings. The van der Waals surface area contributed by atoms with E-state index >= 15 is 0 Å². The first-order chi connectivity index (χ1) is 14.0. The van der Waals surface area contributed by atoms with E-state index in [0.29, 0.717) is 26.8 Å². The van der Waals surface area contributed by atoms with Crippen molar-refractivity contribution in [3.8, 4) is 0 Å². The van der Waals surface area contributed by atoms with Crippen LogP contribution in [-0.4, -0.2) is 15.5 Å². The fourth-order valence-corrected chi connectivity index (χ4v) is 3.37. The van der Waals surface area contributed by atoms with Crippen molar-refractivity contribution in [2.45, 2.75) is 6.54 Å². The smallest absolute Gasteiger partial charge is 0.265 e. The van der Waals surface area contributed by atoms with E-state index in [4.69, 9.17) is 23.2 Å². The van der Waals surface area contributed by atoms with Gasteiger partial charge in [0.05, 0.1) is 6.54 Å². The van der Waals surface area contributed by atoms with E-state index in [2.05, 4.69) is 10.3 Å². The number of aromatic nitrogens is 2. The summed E-state index contributed by atoms with van der Waals surface area (Å²) in [5.41, 5.74) is 1.49. The molecular weight excluding hydrogens is 409 g/mol. The maximum Gasteiger partial charge on any atom is 0.265 e. The number of benzene rings is 2. The summed E-state index contributed by atoms with van der Waals surface area (Å²) in [4.78, 5) is 30.3. The monoisotopic (exact) mass is 423 g/mol. The van der Waals surface area contributed by atoms with Crippen molar-refractivity contribution < 1.29 is 4.79 Å². The summed E-state index contributed by atoms with van der Waals surface area (Å²) in [6.45, 7) is 0.266. The second kappa shape index (κ2) is 8.07. The molecule has 29 heavy (non-hydrogen) atoms. The van der Waals surface area contributed by atoms with Crippen molar-refractivity contribution in [1.82, 2.24) is 9.55 Å². The van der Waals surface area contributed by atoms with Gasteiger partial charge in [-0.3, -0.25) is 14.2 Å². The number of hydrogen-bond acceptors (Lipinski definition) is 3. The van der Waals surface area contributed by atoms with Crippen molar-refractivity contribution >= 4 is 45.8 Å². The Balaban J connectivity index is 1.78. The molecule has 0 atom stereocenters. The molecule has 2 aromatic heterocycles. The van der Waals surface area contributed by atoms with Gasteiger partial charge in [0.2, 0.25) is 0 Å². The normalized spacial score (nSPS) is 10.8. The number of anilines is 1. The number of carbonyl (C=O) groups is 1. The molecule has 0 saturated carbocycles. The molecule has 0 saturated heterocycles. The summed E-state index contributed by atoms with van der Waals surface area (Å²) in [6, 6.07) is 19.1. The predicted octanol–water partition coefficient (Wildman–Crippen LogP) is 5.00. The third-order valence-corrected chi connectivity index (χ3v) is 4.92. The zero-order chi connectivity index (χ0) is 20.4. The van der Waals surface area contributed by atoms with E-state index in [0.717, 1.165) is 5.56 Å². The Morgan fingerprint density at radius 3 is 2.52 bits per heavy atom. The second-order valence-electron chi connectivity index (χ2n) is 6.46. The van der Waals surface area contributed by atoms with Gasteiger partial charge in [0.1, 0.15) is 11.2 Å². The molecule has 2 aromatic carbocycles. The van der Waals surface area contributed by atoms with E-state index in [1.54, 1.807) is 54.7 Å². The van der Waals surface area contributed by atoms with Crippen LogP contribution in [0.15, 0.2) is 77.7 Å². The molecule has 0 bridgehead atoms. The summed E-state index contributed by atoms with van der Waals surface area (Å²) in [5.74, 6) is -0.507. The summed E-state index contributed by atoms with van der Waals surface area (Å²) in [5, 5.41) is 4.52. The Morgan fingerprint density at radius 2 is 1.76 bits per heavy atom. The number of amides is 1. The van der Waals surface area contributed by atoms with Crippen molar-refractivity contribution in [2.75, 3.05) is 5.32 Å². The fourth-order valence-electron chi connectivity index (χ4n) is 3.05. The van der Waals surface area contributed by atoms with Crippen LogP contribution >= 0.6 is 23.2 Å². The minimum Gasteiger partial charge on any atom is -0.322 e. The standard InChI is InChI=1S/C22H15Cl2N3O2/c23-16-8-6-14(7-9-16)13-27-20-15(3-2-10-25-20)11-19(22(27)29)21(28)26-18-5-1-4-17(24)12-18/h1-12H,13H2,(H,26,28). The fraction of sp³-hybridized carbons (Fsp3) is 0.0455. The maximum atomic E-state index is 13.2. The molecule has 1 amide bonds. The van der Waals surface area contributed by atoms with Crippen molar-refractivity contribution in [1.29, 1.82) is 0 Å². The zero-order valence-corrected chi connectivity index (χ0v) is 16.6. The average molecular weight is 424 g/mol. The van der Waals surface area contributed by atoms with Gasteiger partial charge in [-0.15, -0.1) is 0 Å². The molecule has 0 unspecified atom stereocenters. The molecule has 144 valence electrons. The molecule has 0 radical (unpaired) electrons. The van der Waals surface area contributed by atoms with Gasteiger partial charge < -0.3 is 5.32 Å². The predicted molar refractivity (Wildman–Crippen MR) is 116 cm³/mol. The number of nitrogens with one attached hydrogen (secondary N) is 1. The SMILES string of the molecule is O=C(Nc1cccc(Cl)c1)c1cc2cccnc2n(Cc2ccc(Cl)cc2)c1=O. The van der Waals surface area contributed by atoms with Crippen LogP contribution in [0.1, 0.15) is 15.9 Å². The van der Waals surface area contributed by atoms with Crippen LogP contribution in [0, 0.1) is 0 Å². The molecule has 7 heteroatoms. The van der Waals surface area contributed by atoms with Crippen molar-refractivity contribution in [3.63, 3.8) is 0 Å². The van der Waals surface area contributed by atoms with Gasteiger partial charge in [-0.05, 0) is 54.1 Å². The first kappa shape index (κ1) is 19.2. The van der Waals surface area contributed by atoms with Gasteiger partial charge in [-0.25, -0.2) is 4.98 Å². The van der Waals surface area contributed by atoms with Crippen LogP contribution in [0.25, 0.3) is 11.0 Å². The Labute approximate surface area is 176 Å². The summed E-state index contributed by atoms with van der Waals surface area (Å²) in [6.07, 6.45) is 1.62. The van der Waals surface area contributed by atoms with E-state index in [1.807, 2.05) is 18.2 Å². The van der Waals surface area contributed by atoms with Gasteiger partial charge in [-0.1, -0.05) is 41.4 Å². The van der Waals surface area contributed by atoms with Gasteiger partial charge in [-0.2, -0.15) is 0 Å². The molecule has 0 spiro atoms.